The van der Waals surface area contributed by atoms with Crippen LogP contribution in [0.4, 0.5) is 17.6 Å². The Morgan fingerprint density at radius 2 is 1.31 bits per heavy atom. The number of halogens is 6. The van der Waals surface area contributed by atoms with Crippen molar-refractivity contribution in [1.29, 1.82) is 0 Å². The first-order valence-electron chi connectivity index (χ1n) is 23.7. The fourth-order valence-corrected chi connectivity index (χ4v) is 9.94. The molecule has 0 radical (unpaired) electrons. The number of hydrogen-bond acceptors (Lipinski definition) is 7. The van der Waals surface area contributed by atoms with Gasteiger partial charge in [0.1, 0.15) is 0 Å². The van der Waals surface area contributed by atoms with Crippen LogP contribution in [0.15, 0.2) is 48.2 Å². The molecule has 374 valence electrons. The standard InChI is InChI=1S/C26H38ClF2NO4.C26H34ClF2NO3/c1-5-34-23(33)9-13-30-22(32)16-25(11-12-26(28,29)15-20(25)17-31)19-7-6-18(21(27)14-19)8-10-24(2,3)4;1-5-33-23(32)9-13-30-17-20-15-26(28,29)12-11-25(20,16-22(30)31)19-7-6-18(21(27)14-19)8-10-24(2,3)4/h6-7,14,20,31H,5,8-13,15-17H2,1-4H3,(H,30,32);6-7,14,17H,5,8-13,15-16H2,1-4H3. The summed E-state index contributed by atoms with van der Waals surface area (Å²) in [5.41, 5.74) is 2.57. The zero-order valence-corrected chi connectivity index (χ0v) is 42.2. The number of aryl methyl sites for hydroxylation is 2. The number of carbonyl (C=O) groups is 4. The molecule has 0 spiro atoms. The number of carbonyl (C=O) groups excluding carboxylic acids is 4. The largest absolute Gasteiger partial charge is 0.466 e. The fraction of sp³-hybridized carbons (Fsp3) is 0.654. The van der Waals surface area contributed by atoms with Gasteiger partial charge in [0.2, 0.25) is 17.7 Å². The summed E-state index contributed by atoms with van der Waals surface area (Å²) >= 11 is 13.2. The molecule has 3 unspecified atom stereocenters. The molecule has 1 heterocycles. The molecule has 3 atom stereocenters. The highest BCUT2D eigenvalue weighted by atomic mass is 35.5. The number of alkyl halides is 4. The summed E-state index contributed by atoms with van der Waals surface area (Å²) in [4.78, 5) is 50.6. The van der Waals surface area contributed by atoms with Crippen LogP contribution in [0.1, 0.15) is 155 Å². The quantitative estimate of drug-likeness (QED) is 0.120. The molecule has 0 bridgehead atoms. The van der Waals surface area contributed by atoms with E-state index in [9.17, 15) is 41.8 Å². The summed E-state index contributed by atoms with van der Waals surface area (Å²) in [5.74, 6) is -7.88. The van der Waals surface area contributed by atoms with Crippen LogP contribution in [0.3, 0.4) is 0 Å². The van der Waals surface area contributed by atoms with Crippen molar-refractivity contribution in [3.8, 4) is 0 Å². The van der Waals surface area contributed by atoms with E-state index in [2.05, 4.69) is 46.9 Å². The molecule has 2 aliphatic carbocycles. The Morgan fingerprint density at radius 3 is 1.85 bits per heavy atom. The zero-order chi connectivity index (χ0) is 50.0. The third-order valence-electron chi connectivity index (χ3n) is 13.4. The smallest absolute Gasteiger partial charge is 0.307 e. The van der Waals surface area contributed by atoms with Gasteiger partial charge in [-0.3, -0.25) is 19.2 Å². The van der Waals surface area contributed by atoms with Crippen LogP contribution in [0.5, 0.6) is 0 Å². The molecule has 15 heteroatoms. The third-order valence-corrected chi connectivity index (χ3v) is 14.1. The number of rotatable bonds is 17. The van der Waals surface area contributed by atoms with E-state index >= 15 is 0 Å². The lowest BCUT2D eigenvalue weighted by molar-refractivity contribution is -0.144. The minimum Gasteiger partial charge on any atom is -0.466 e. The maximum atomic E-state index is 14.4. The van der Waals surface area contributed by atoms with Crippen LogP contribution in [0.2, 0.25) is 10.0 Å². The van der Waals surface area contributed by atoms with E-state index in [0.29, 0.717) is 21.2 Å². The molecule has 2 N–H and O–H groups in total. The van der Waals surface area contributed by atoms with E-state index in [1.165, 1.54) is 4.90 Å². The minimum atomic E-state index is -2.90. The number of allylic oxidation sites excluding steroid dienone is 1. The fourth-order valence-electron chi connectivity index (χ4n) is 9.38. The van der Waals surface area contributed by atoms with E-state index in [-0.39, 0.29) is 100 Å². The molecular formula is C52H72Cl2F4N2O7. The van der Waals surface area contributed by atoms with Crippen LogP contribution in [0, 0.1) is 16.7 Å². The summed E-state index contributed by atoms with van der Waals surface area (Å²) in [6.07, 6.45) is 3.83. The second-order valence-electron chi connectivity index (χ2n) is 21.0. The van der Waals surface area contributed by atoms with Crippen molar-refractivity contribution in [3.05, 3.63) is 80.5 Å². The summed E-state index contributed by atoms with van der Waals surface area (Å²) in [7, 11) is 0. The predicted octanol–water partition coefficient (Wildman–Crippen LogP) is 11.9. The van der Waals surface area contributed by atoms with Gasteiger partial charge in [0.25, 0.3) is 5.92 Å². The molecule has 9 nitrogen and oxygen atoms in total. The average molecular weight is 984 g/mol. The van der Waals surface area contributed by atoms with Crippen LogP contribution in [-0.2, 0) is 52.3 Å². The van der Waals surface area contributed by atoms with E-state index < -0.39 is 60.0 Å². The van der Waals surface area contributed by atoms with Gasteiger partial charge in [-0.15, -0.1) is 0 Å². The molecule has 2 saturated carbocycles. The van der Waals surface area contributed by atoms with Gasteiger partial charge in [0.05, 0.1) is 26.1 Å². The van der Waals surface area contributed by atoms with Crippen molar-refractivity contribution in [2.75, 3.05) is 32.9 Å². The Labute approximate surface area is 405 Å². The monoisotopic (exact) mass is 982 g/mol. The van der Waals surface area contributed by atoms with Gasteiger partial charge in [-0.25, -0.2) is 17.6 Å². The number of ether oxygens (including phenoxy) is 2. The first kappa shape index (κ1) is 55.9. The van der Waals surface area contributed by atoms with Gasteiger partial charge in [0, 0.05) is 85.3 Å². The molecule has 1 aliphatic heterocycles. The van der Waals surface area contributed by atoms with Crippen molar-refractivity contribution in [2.24, 2.45) is 16.7 Å². The normalized spacial score (nSPS) is 22.4. The van der Waals surface area contributed by atoms with Crippen LogP contribution >= 0.6 is 23.2 Å². The number of esters is 2. The van der Waals surface area contributed by atoms with Gasteiger partial charge in [-0.2, -0.15) is 0 Å². The highest BCUT2D eigenvalue weighted by molar-refractivity contribution is 6.31. The molecule has 67 heavy (non-hydrogen) atoms. The first-order valence-corrected chi connectivity index (χ1v) is 24.5. The second kappa shape index (κ2) is 23.3. The Balaban J connectivity index is 0.000000293. The number of hydrogen-bond donors (Lipinski definition) is 2. The van der Waals surface area contributed by atoms with Crippen molar-refractivity contribution in [3.63, 3.8) is 0 Å². The van der Waals surface area contributed by atoms with E-state index in [1.54, 1.807) is 26.1 Å². The second-order valence-corrected chi connectivity index (χ2v) is 21.8. The molecular weight excluding hydrogens is 911 g/mol. The Kier molecular flexibility index (Phi) is 19.4. The number of benzene rings is 2. The number of nitrogens with zero attached hydrogens (tertiary/aromatic N) is 1. The van der Waals surface area contributed by atoms with Gasteiger partial charge in [0.15, 0.2) is 0 Å². The van der Waals surface area contributed by atoms with Crippen molar-refractivity contribution in [1.82, 2.24) is 10.2 Å². The summed E-state index contributed by atoms with van der Waals surface area (Å²) in [5, 5.41) is 13.9. The Morgan fingerprint density at radius 1 is 0.776 bits per heavy atom. The molecule has 0 saturated heterocycles. The van der Waals surface area contributed by atoms with Gasteiger partial charge in [-0.1, -0.05) is 89.0 Å². The summed E-state index contributed by atoms with van der Waals surface area (Å²) < 4.78 is 67.2. The maximum absolute atomic E-state index is 14.4. The van der Waals surface area contributed by atoms with Crippen molar-refractivity contribution < 1.29 is 51.3 Å². The number of amides is 2. The highest BCUT2D eigenvalue weighted by Gasteiger charge is 2.53. The molecule has 0 aromatic heterocycles. The van der Waals surface area contributed by atoms with Crippen LogP contribution in [-0.4, -0.2) is 78.5 Å². The summed E-state index contributed by atoms with van der Waals surface area (Å²) in [6, 6.07) is 11.3. The minimum absolute atomic E-state index is 0.0288. The lowest BCUT2D eigenvalue weighted by atomic mass is 9.60. The van der Waals surface area contributed by atoms with Crippen molar-refractivity contribution in [2.45, 2.75) is 168 Å². The number of aliphatic hydroxyl groups excluding tert-OH is 1. The van der Waals surface area contributed by atoms with Gasteiger partial charge < -0.3 is 24.8 Å². The number of fused-ring (bicyclic) bond motifs is 1. The number of aliphatic hydroxyl groups is 1. The van der Waals surface area contributed by atoms with E-state index in [4.69, 9.17) is 32.7 Å². The molecule has 5 rings (SSSR count). The first-order chi connectivity index (χ1) is 31.2. The Hall–Kier alpha value is -3.68. The van der Waals surface area contributed by atoms with Gasteiger partial charge in [-0.05, 0) is 109 Å². The Bertz CT molecular complexity index is 2080. The van der Waals surface area contributed by atoms with E-state index in [0.717, 1.165) is 42.4 Å². The average Bonchev–Trinajstić information content (AvgIpc) is 3.22. The van der Waals surface area contributed by atoms with Crippen molar-refractivity contribution >= 4 is 47.0 Å². The SMILES string of the molecule is CCOC(=O)CCN1C=C2CC(F)(F)CCC2(c2ccc(CCC(C)(C)C)c(Cl)c2)CC1=O.CCOC(=O)CCNC(=O)CC1(c2ccc(CCC(C)(C)C)c(Cl)c2)CCC(F)(F)CC1CO. The molecule has 2 aromatic carbocycles. The van der Waals surface area contributed by atoms with Crippen LogP contribution in [0.25, 0.3) is 0 Å². The van der Waals surface area contributed by atoms with Gasteiger partial charge >= 0.3 is 11.9 Å². The maximum Gasteiger partial charge on any atom is 0.307 e. The van der Waals surface area contributed by atoms with E-state index in [1.807, 2.05) is 30.3 Å². The lowest BCUT2D eigenvalue weighted by Gasteiger charge is -2.46. The lowest BCUT2D eigenvalue weighted by Crippen LogP contribution is -2.49. The number of nitrogens with one attached hydrogen (secondary N) is 1. The highest BCUT2D eigenvalue weighted by Crippen LogP contribution is 2.54. The summed E-state index contributed by atoms with van der Waals surface area (Å²) in [6.45, 7) is 16.7. The third kappa shape index (κ3) is 15.9. The molecule has 2 amide bonds. The van der Waals surface area contributed by atoms with Crippen LogP contribution < -0.4 is 5.32 Å². The zero-order valence-electron chi connectivity index (χ0n) is 40.7. The topological polar surface area (TPSA) is 122 Å². The predicted molar refractivity (Wildman–Crippen MR) is 255 cm³/mol. The molecule has 3 aliphatic rings. The molecule has 2 aromatic rings. The molecule has 2 fully saturated rings.